The summed E-state index contributed by atoms with van der Waals surface area (Å²) in [6.07, 6.45) is 14.5. The minimum Gasteiger partial charge on any atom is -0.394 e. The van der Waals surface area contributed by atoms with Crippen LogP contribution < -0.4 is 87.6 Å². The fourth-order valence-corrected chi connectivity index (χ4v) is 12.2. The van der Waals surface area contributed by atoms with Gasteiger partial charge in [-0.25, -0.2) is 0 Å². The van der Waals surface area contributed by atoms with Gasteiger partial charge in [0.1, 0.15) is 61.2 Å². The van der Waals surface area contributed by atoms with Crippen LogP contribution in [0.5, 0.6) is 0 Å². The Kier molecular flexibility index (Phi) is 43.7. The van der Waals surface area contributed by atoms with Crippen molar-refractivity contribution in [1.29, 1.82) is 0 Å². The summed E-state index contributed by atoms with van der Waals surface area (Å²) in [5.41, 5.74) is 37.0. The number of unbranched alkanes of at least 4 members (excludes halogenated alkanes) is 6. The molecule has 1 aliphatic carbocycles. The Morgan fingerprint density at radius 2 is 0.784 bits per heavy atom. The molecule has 1 fully saturated rings. The average Bonchev–Trinajstić information content (AvgIpc) is 1.78. The molecular weight excluding hydrogens is 1250 g/mol. The van der Waals surface area contributed by atoms with Crippen molar-refractivity contribution < 1.29 is 63.3 Å². The molecule has 7 amide bonds. The zero-order valence-electron chi connectivity index (χ0n) is 57.1. The number of amides is 7. The van der Waals surface area contributed by atoms with E-state index in [1.165, 1.54) is 0 Å². The third-order valence-electron chi connectivity index (χ3n) is 17.8. The van der Waals surface area contributed by atoms with Gasteiger partial charge in [0.05, 0.1) is 37.9 Å². The maximum absolute atomic E-state index is 15.0. The van der Waals surface area contributed by atoms with Gasteiger partial charge in [0.2, 0.25) is 41.4 Å². The lowest BCUT2D eigenvalue weighted by Crippen LogP contribution is -2.59. The van der Waals surface area contributed by atoms with Gasteiger partial charge in [0.25, 0.3) is 0 Å². The van der Waals surface area contributed by atoms with Crippen molar-refractivity contribution in [2.75, 3.05) is 59.1 Å². The van der Waals surface area contributed by atoms with Crippen LogP contribution in [0.1, 0.15) is 167 Å². The van der Waals surface area contributed by atoms with E-state index in [0.29, 0.717) is 187 Å². The predicted molar refractivity (Wildman–Crippen MR) is 371 cm³/mol. The minimum atomic E-state index is -1.55. The predicted octanol–water partition coefficient (Wildman–Crippen LogP) is -2.58. The van der Waals surface area contributed by atoms with Gasteiger partial charge < -0.3 is 122 Å². The van der Waals surface area contributed by atoms with Gasteiger partial charge in [0, 0.05) is 35.2 Å². The largest absolute Gasteiger partial charge is 0.394 e. The van der Waals surface area contributed by atoms with Crippen LogP contribution in [0.15, 0.2) is 30.5 Å². The van der Waals surface area contributed by atoms with Crippen molar-refractivity contribution in [2.45, 2.75) is 246 Å². The van der Waals surface area contributed by atoms with Crippen LogP contribution in [0.4, 0.5) is 0 Å². The number of rotatable bonds is 52. The van der Waals surface area contributed by atoms with Gasteiger partial charge in [0.15, 0.2) is 0 Å². The molecule has 1 aliphatic rings. The quantitative estimate of drug-likeness (QED) is 0.0239. The second-order valence-corrected chi connectivity index (χ2v) is 25.8. The van der Waals surface area contributed by atoms with Gasteiger partial charge in [-0.2, -0.15) is 0 Å². The molecule has 30 heteroatoms. The van der Waals surface area contributed by atoms with E-state index in [-0.39, 0.29) is 43.7 Å². The molecule has 4 unspecified atom stereocenters. The number of H-pyrrole nitrogens is 1. The Labute approximate surface area is 571 Å². The monoisotopic (exact) mass is 1370 g/mol. The zero-order chi connectivity index (χ0) is 71.3. The third-order valence-corrected chi connectivity index (χ3v) is 17.8. The second kappa shape index (κ2) is 50.0. The number of benzene rings is 1. The molecule has 1 saturated carbocycles. The molecule has 0 spiro atoms. The van der Waals surface area contributed by atoms with E-state index in [9.17, 15) is 63.3 Å². The third kappa shape index (κ3) is 32.4. The Hall–Kier alpha value is -6.42. The molecule has 550 valence electrons. The topological polar surface area (TPSA) is 524 Å². The number of aliphatic hydroxyl groups excluding tert-OH is 3. The number of aromatic amines is 1. The molecule has 97 heavy (non-hydrogen) atoms. The van der Waals surface area contributed by atoms with E-state index in [1.54, 1.807) is 0 Å². The molecule has 0 aliphatic heterocycles. The van der Waals surface area contributed by atoms with Gasteiger partial charge >= 0.3 is 0 Å². The normalized spacial score (nSPS) is 19.0. The van der Waals surface area contributed by atoms with E-state index in [2.05, 4.69) is 65.1 Å². The highest BCUT2D eigenvalue weighted by molar-refractivity contribution is 5.96. The lowest BCUT2D eigenvalue weighted by atomic mass is 9.86. The first-order chi connectivity index (χ1) is 46.9. The summed E-state index contributed by atoms with van der Waals surface area (Å²) in [6, 6.07) is -4.44. The number of aliphatic hydroxyl groups is 3. The standard InChI is InChI=1S/C67H119N17O13/c1-44-24-25-47(75-50(39-86)35-45-37-74-53-18-3-2-17-52(45)53)36-48(77-59(42-89)67(97)84-60(43-90)66(96)79-51(40-87)41-88)27-26-46(34-44)76-54(19-5-11-29-69)62(92)81-56(21-7-13-31-71)64(94)83-58(23-9-15-33-73)65(95)82-57(22-8-14-32-72)63(93)80-55(20-6-12-30-70)61(91)78-49(38-85)16-4-10-28-68/h2-3,17-18,37-40,44,46-51,54-60,74-77,88-90H,4-16,19-36,41-43,68-73H2,1H3,(H,78,91)(H,79,96)(H,80,93)(H,81,92)(H,82,95)(H,83,94)(H,84,97)/t44?,46?,47?,48?,49-,50+,51+,54+,55-,56-,57-,58-,59-,60-/m0/s1. The van der Waals surface area contributed by atoms with Crippen LogP contribution in [0.25, 0.3) is 10.9 Å². The summed E-state index contributed by atoms with van der Waals surface area (Å²) in [5, 5.41) is 60.9. The minimum absolute atomic E-state index is 0.0769. The average molecular weight is 1370 g/mol. The van der Waals surface area contributed by atoms with E-state index in [4.69, 9.17) is 34.4 Å². The summed E-state index contributed by atoms with van der Waals surface area (Å²) in [5.74, 6) is -4.74. The van der Waals surface area contributed by atoms with Crippen LogP contribution in [-0.2, 0) is 54.4 Å². The maximum atomic E-state index is 15.0. The first kappa shape index (κ1) is 84.8. The van der Waals surface area contributed by atoms with Crippen LogP contribution in [-0.4, -0.2) is 218 Å². The summed E-state index contributed by atoms with van der Waals surface area (Å²) in [7, 11) is 0. The number of hydrogen-bond acceptors (Lipinski definition) is 22. The number of nitrogens with one attached hydrogen (secondary N) is 11. The maximum Gasteiger partial charge on any atom is 0.245 e. The Morgan fingerprint density at radius 3 is 1.24 bits per heavy atom. The van der Waals surface area contributed by atoms with E-state index >= 15 is 0 Å². The van der Waals surface area contributed by atoms with Crippen LogP contribution in [0, 0.1) is 5.92 Å². The van der Waals surface area contributed by atoms with Crippen molar-refractivity contribution in [3.63, 3.8) is 0 Å². The van der Waals surface area contributed by atoms with Crippen molar-refractivity contribution in [2.24, 2.45) is 40.3 Å². The SMILES string of the molecule is CC1CCC(N[C@@H](C=O)Cc2c[nH]c3ccccc23)CC(N[C@@H](CO)C(=O)N[C@@H](CO)C(=O)N[C@H](C=O)CO)CCC(N[C@H](CCCCN)C(=O)N[C@@H](CCCCN)C(=O)N[C@@H](CCCCN)C(=O)N[C@@H](CCCCN)C(=O)N[C@@H](CCCCN)C(=O)N[C@H](C=O)CCCCN)C1. The van der Waals surface area contributed by atoms with Gasteiger partial charge in [-0.05, 0) is 211 Å². The van der Waals surface area contributed by atoms with Crippen molar-refractivity contribution in [1.82, 2.24) is 58.2 Å². The van der Waals surface area contributed by atoms with Gasteiger partial charge in [-0.15, -0.1) is 0 Å². The molecule has 2 aromatic rings. The number of fused-ring (bicyclic) bond motifs is 1. The molecule has 1 aromatic carbocycles. The fourth-order valence-electron chi connectivity index (χ4n) is 12.2. The molecule has 1 heterocycles. The van der Waals surface area contributed by atoms with Gasteiger partial charge in [-0.3, -0.25) is 33.6 Å². The van der Waals surface area contributed by atoms with Gasteiger partial charge in [-0.1, -0.05) is 31.5 Å². The number of nitrogens with two attached hydrogens (primary N) is 6. The second-order valence-electron chi connectivity index (χ2n) is 25.8. The number of carbonyl (C=O) groups excluding carboxylic acids is 10. The van der Waals surface area contributed by atoms with Crippen molar-refractivity contribution in [3.05, 3.63) is 36.0 Å². The Bertz CT molecular complexity index is 2620. The van der Waals surface area contributed by atoms with Crippen molar-refractivity contribution in [3.8, 4) is 0 Å². The molecule has 30 nitrogen and oxygen atoms in total. The molecule has 3 rings (SSSR count). The number of aromatic nitrogens is 1. The lowest BCUT2D eigenvalue weighted by Gasteiger charge is -2.35. The number of para-hydroxylation sites is 1. The summed E-state index contributed by atoms with van der Waals surface area (Å²) in [4.78, 5) is 139. The van der Waals surface area contributed by atoms with E-state index in [1.807, 2.05) is 30.5 Å². The number of carbonyl (C=O) groups is 10. The molecule has 0 bridgehead atoms. The lowest BCUT2D eigenvalue weighted by molar-refractivity contribution is -0.135. The highest BCUT2D eigenvalue weighted by Gasteiger charge is 2.36. The van der Waals surface area contributed by atoms with Crippen LogP contribution in [0.2, 0.25) is 0 Å². The summed E-state index contributed by atoms with van der Waals surface area (Å²) >= 11 is 0. The Balaban J connectivity index is 1.98. The van der Waals surface area contributed by atoms with E-state index < -0.39 is 128 Å². The fraction of sp³-hybridized carbons (Fsp3) is 0.731. The molecule has 14 atom stereocenters. The summed E-state index contributed by atoms with van der Waals surface area (Å²) < 4.78 is 0. The molecular formula is C67H119N17O13. The molecule has 0 saturated heterocycles. The van der Waals surface area contributed by atoms with Crippen molar-refractivity contribution >= 4 is 71.1 Å². The van der Waals surface area contributed by atoms with E-state index in [0.717, 1.165) is 22.8 Å². The number of hydrogen-bond donors (Lipinski definition) is 20. The highest BCUT2D eigenvalue weighted by atomic mass is 16.3. The molecule has 26 N–H and O–H groups in total. The number of aldehydes is 3. The summed E-state index contributed by atoms with van der Waals surface area (Å²) in [6.45, 7) is 1.81. The Morgan fingerprint density at radius 1 is 0.423 bits per heavy atom. The zero-order valence-corrected chi connectivity index (χ0v) is 57.1. The molecule has 1 aromatic heterocycles. The first-order valence-electron chi connectivity index (χ1n) is 35.2. The van der Waals surface area contributed by atoms with Crippen LogP contribution in [0.3, 0.4) is 0 Å². The van der Waals surface area contributed by atoms with Crippen LogP contribution >= 0.6 is 0 Å². The first-order valence-corrected chi connectivity index (χ1v) is 35.2. The molecule has 0 radical (unpaired) electrons. The highest BCUT2D eigenvalue weighted by Crippen LogP contribution is 2.26. The smallest absolute Gasteiger partial charge is 0.245 e.